The fraction of sp³-hybridized carbons (Fsp3) is 0.333. The number of esters is 1. The quantitative estimate of drug-likeness (QED) is 0.846. The van der Waals surface area contributed by atoms with Crippen LogP contribution < -0.4 is 10.1 Å². The fourth-order valence-corrected chi connectivity index (χ4v) is 1.47. The Morgan fingerprint density at radius 2 is 2.00 bits per heavy atom. The van der Waals surface area contributed by atoms with Gasteiger partial charge in [-0.25, -0.2) is 0 Å². The second kappa shape index (κ2) is 7.21. The summed E-state index contributed by atoms with van der Waals surface area (Å²) in [5, 5.41) is 3.12. The first-order valence-corrected chi connectivity index (χ1v) is 6.16. The molecule has 0 heterocycles. The summed E-state index contributed by atoms with van der Waals surface area (Å²) in [6.45, 7) is 1.35. The second-order valence-electron chi connectivity index (χ2n) is 3.63. The number of ether oxygens (including phenoxy) is 2. The lowest BCUT2D eigenvalue weighted by Gasteiger charge is -2.14. The van der Waals surface area contributed by atoms with E-state index in [1.807, 2.05) is 0 Å². The molecule has 7 heteroatoms. The third-order valence-electron chi connectivity index (χ3n) is 2.21. The lowest BCUT2D eigenvalue weighted by atomic mass is 10.3. The Hall–Kier alpha value is -1.46. The minimum Gasteiger partial charge on any atom is -0.481 e. The molecule has 1 aromatic carbocycles. The van der Waals surface area contributed by atoms with Gasteiger partial charge in [-0.05, 0) is 19.1 Å². The van der Waals surface area contributed by atoms with Crippen LogP contribution in [0.25, 0.3) is 0 Å². The van der Waals surface area contributed by atoms with Crippen LogP contribution >= 0.6 is 23.2 Å². The number of amides is 1. The van der Waals surface area contributed by atoms with E-state index in [1.165, 1.54) is 13.2 Å². The lowest BCUT2D eigenvalue weighted by Crippen LogP contribution is -2.39. The number of methoxy groups -OCH3 is 1. The van der Waals surface area contributed by atoms with Gasteiger partial charge in [0.15, 0.2) is 6.10 Å². The van der Waals surface area contributed by atoms with Gasteiger partial charge in [0.25, 0.3) is 5.91 Å². The van der Waals surface area contributed by atoms with Crippen molar-refractivity contribution >= 4 is 35.1 Å². The summed E-state index contributed by atoms with van der Waals surface area (Å²) < 4.78 is 9.77. The Labute approximate surface area is 120 Å². The monoisotopic (exact) mass is 305 g/mol. The number of hydrogen-bond donors (Lipinski definition) is 1. The first-order chi connectivity index (χ1) is 8.93. The van der Waals surface area contributed by atoms with E-state index in [0.29, 0.717) is 15.8 Å². The summed E-state index contributed by atoms with van der Waals surface area (Å²) in [7, 11) is 1.24. The predicted molar refractivity (Wildman–Crippen MR) is 71.6 cm³/mol. The minimum absolute atomic E-state index is 0.204. The normalized spacial score (nSPS) is 11.6. The molecule has 1 amide bonds. The maximum atomic E-state index is 11.6. The number of benzene rings is 1. The number of carbonyl (C=O) groups excluding carboxylic acids is 2. The predicted octanol–water partition coefficient (Wildman–Crippen LogP) is 2.05. The van der Waals surface area contributed by atoms with Gasteiger partial charge in [0.1, 0.15) is 12.3 Å². The first-order valence-electron chi connectivity index (χ1n) is 5.40. The molecule has 1 unspecified atom stereocenters. The molecule has 0 bridgehead atoms. The Morgan fingerprint density at radius 3 is 2.58 bits per heavy atom. The van der Waals surface area contributed by atoms with E-state index in [-0.39, 0.29) is 6.54 Å². The Kier molecular flexibility index (Phi) is 5.92. The highest BCUT2D eigenvalue weighted by atomic mass is 35.5. The van der Waals surface area contributed by atoms with E-state index in [1.54, 1.807) is 19.1 Å². The summed E-state index contributed by atoms with van der Waals surface area (Å²) in [5.74, 6) is -0.554. The summed E-state index contributed by atoms with van der Waals surface area (Å²) in [5.41, 5.74) is 0. The lowest BCUT2D eigenvalue weighted by molar-refractivity contribution is -0.141. The number of carbonyl (C=O) groups is 2. The molecule has 5 nitrogen and oxygen atoms in total. The van der Waals surface area contributed by atoms with Gasteiger partial charge in [-0.3, -0.25) is 9.59 Å². The van der Waals surface area contributed by atoms with Crippen LogP contribution in [-0.2, 0) is 14.3 Å². The molecule has 1 N–H and O–H groups in total. The van der Waals surface area contributed by atoms with Gasteiger partial charge >= 0.3 is 5.97 Å². The zero-order valence-corrected chi connectivity index (χ0v) is 11.9. The molecule has 0 saturated heterocycles. The maximum Gasteiger partial charge on any atom is 0.325 e. The first kappa shape index (κ1) is 15.6. The zero-order chi connectivity index (χ0) is 14.4. The average Bonchev–Trinajstić information content (AvgIpc) is 2.39. The Morgan fingerprint density at radius 1 is 1.32 bits per heavy atom. The summed E-state index contributed by atoms with van der Waals surface area (Å²) in [6.07, 6.45) is -0.776. The highest BCUT2D eigenvalue weighted by Gasteiger charge is 2.16. The number of hydrogen-bond acceptors (Lipinski definition) is 4. The molecule has 1 rings (SSSR count). The third-order valence-corrected chi connectivity index (χ3v) is 2.95. The van der Waals surface area contributed by atoms with Gasteiger partial charge < -0.3 is 14.8 Å². The summed E-state index contributed by atoms with van der Waals surface area (Å²) in [4.78, 5) is 22.5. The van der Waals surface area contributed by atoms with Gasteiger partial charge in [-0.15, -0.1) is 0 Å². The van der Waals surface area contributed by atoms with Crippen LogP contribution in [0.3, 0.4) is 0 Å². The van der Waals surface area contributed by atoms with Crippen LogP contribution in [-0.4, -0.2) is 31.6 Å². The van der Waals surface area contributed by atoms with Gasteiger partial charge in [-0.2, -0.15) is 0 Å². The van der Waals surface area contributed by atoms with Crippen LogP contribution in [0.1, 0.15) is 6.92 Å². The standard InChI is InChI=1S/C12H13Cl2NO4/c1-7(12(17)15-6-11(16)18-2)19-8-3-4-9(13)10(14)5-8/h3-5,7H,6H2,1-2H3,(H,15,17). The molecular weight excluding hydrogens is 293 g/mol. The highest BCUT2D eigenvalue weighted by Crippen LogP contribution is 2.26. The topological polar surface area (TPSA) is 64.6 Å². The van der Waals surface area contributed by atoms with Crippen molar-refractivity contribution < 1.29 is 19.1 Å². The van der Waals surface area contributed by atoms with Gasteiger partial charge in [0.2, 0.25) is 0 Å². The fourth-order valence-electron chi connectivity index (χ4n) is 1.18. The van der Waals surface area contributed by atoms with Crippen LogP contribution in [0.4, 0.5) is 0 Å². The molecule has 0 aliphatic heterocycles. The molecule has 0 aliphatic carbocycles. The van der Waals surface area contributed by atoms with Gasteiger partial charge in [-0.1, -0.05) is 23.2 Å². The van der Waals surface area contributed by atoms with Crippen molar-refractivity contribution in [1.29, 1.82) is 0 Å². The van der Waals surface area contributed by atoms with E-state index < -0.39 is 18.0 Å². The van der Waals surface area contributed by atoms with E-state index >= 15 is 0 Å². The Bertz CT molecular complexity index is 479. The van der Waals surface area contributed by atoms with E-state index in [2.05, 4.69) is 10.1 Å². The van der Waals surface area contributed by atoms with Crippen LogP contribution in [0.15, 0.2) is 18.2 Å². The minimum atomic E-state index is -0.776. The van der Waals surface area contributed by atoms with Crippen molar-refractivity contribution in [3.05, 3.63) is 28.2 Å². The van der Waals surface area contributed by atoms with Crippen molar-refractivity contribution in [1.82, 2.24) is 5.32 Å². The van der Waals surface area contributed by atoms with Crippen molar-refractivity contribution in [3.63, 3.8) is 0 Å². The highest BCUT2D eigenvalue weighted by molar-refractivity contribution is 6.42. The van der Waals surface area contributed by atoms with E-state index in [9.17, 15) is 9.59 Å². The Balaban J connectivity index is 2.53. The molecule has 0 saturated carbocycles. The van der Waals surface area contributed by atoms with Crippen molar-refractivity contribution in [3.8, 4) is 5.75 Å². The molecule has 19 heavy (non-hydrogen) atoms. The molecule has 1 aromatic rings. The molecule has 0 aromatic heterocycles. The van der Waals surface area contributed by atoms with Crippen LogP contribution in [0.2, 0.25) is 10.0 Å². The summed E-state index contributed by atoms with van der Waals surface area (Å²) >= 11 is 11.6. The van der Waals surface area contributed by atoms with Crippen LogP contribution in [0, 0.1) is 0 Å². The zero-order valence-electron chi connectivity index (χ0n) is 10.4. The average molecular weight is 306 g/mol. The number of rotatable bonds is 5. The molecule has 0 radical (unpaired) electrons. The smallest absolute Gasteiger partial charge is 0.325 e. The summed E-state index contributed by atoms with van der Waals surface area (Å²) in [6, 6.07) is 4.67. The molecule has 104 valence electrons. The van der Waals surface area contributed by atoms with Gasteiger partial charge in [0, 0.05) is 6.07 Å². The van der Waals surface area contributed by atoms with Crippen LogP contribution in [0.5, 0.6) is 5.75 Å². The van der Waals surface area contributed by atoms with E-state index in [0.717, 1.165) is 0 Å². The third kappa shape index (κ3) is 4.96. The van der Waals surface area contributed by atoms with E-state index in [4.69, 9.17) is 27.9 Å². The van der Waals surface area contributed by atoms with Gasteiger partial charge in [0.05, 0.1) is 17.2 Å². The van der Waals surface area contributed by atoms with Crippen molar-refractivity contribution in [2.24, 2.45) is 0 Å². The van der Waals surface area contributed by atoms with Crippen molar-refractivity contribution in [2.45, 2.75) is 13.0 Å². The molecular formula is C12H13Cl2NO4. The molecule has 0 fully saturated rings. The largest absolute Gasteiger partial charge is 0.481 e. The molecule has 0 spiro atoms. The number of halogens is 2. The van der Waals surface area contributed by atoms with Crippen molar-refractivity contribution in [2.75, 3.05) is 13.7 Å². The molecule has 1 atom stereocenters. The maximum absolute atomic E-state index is 11.6. The SMILES string of the molecule is COC(=O)CNC(=O)C(C)Oc1ccc(Cl)c(Cl)c1. The molecule has 0 aliphatic rings. The number of nitrogens with one attached hydrogen (secondary N) is 1. The second-order valence-corrected chi connectivity index (χ2v) is 4.44.